The highest BCUT2D eigenvalue weighted by Crippen LogP contribution is 2.30. The van der Waals surface area contributed by atoms with Crippen LogP contribution in [-0.2, 0) is 0 Å². The third kappa shape index (κ3) is 5.18. The molecule has 0 spiro atoms. The van der Waals surface area contributed by atoms with Crippen molar-refractivity contribution in [3.05, 3.63) is 53.8 Å². The average molecular weight is 425 g/mol. The van der Waals surface area contributed by atoms with E-state index < -0.39 is 0 Å². The summed E-state index contributed by atoms with van der Waals surface area (Å²) in [6, 6.07) is 13.0. The first-order valence-corrected chi connectivity index (χ1v) is 11.5. The van der Waals surface area contributed by atoms with Crippen molar-refractivity contribution < 1.29 is 9.18 Å². The number of piperidine rings is 1. The van der Waals surface area contributed by atoms with Gasteiger partial charge in [-0.05, 0) is 75.6 Å². The lowest BCUT2D eigenvalue weighted by Gasteiger charge is -2.38. The minimum atomic E-state index is -0.341. The van der Waals surface area contributed by atoms with Crippen molar-refractivity contribution in [2.24, 2.45) is 0 Å². The van der Waals surface area contributed by atoms with Gasteiger partial charge in [0.05, 0.1) is 11.4 Å². The monoisotopic (exact) mass is 424 g/mol. The van der Waals surface area contributed by atoms with Crippen LogP contribution < -0.4 is 15.1 Å². The number of nitrogens with one attached hydrogen (secondary N) is 1. The summed E-state index contributed by atoms with van der Waals surface area (Å²) in [6.07, 6.45) is 3.47. The Hall–Kier alpha value is -2.60. The molecule has 0 aromatic heterocycles. The van der Waals surface area contributed by atoms with E-state index in [-0.39, 0.29) is 11.7 Å². The third-order valence-electron chi connectivity index (χ3n) is 6.44. The van der Waals surface area contributed by atoms with Crippen LogP contribution in [0.15, 0.2) is 42.5 Å². The molecule has 6 heteroatoms. The van der Waals surface area contributed by atoms with Crippen molar-refractivity contribution in [1.82, 2.24) is 4.90 Å². The molecule has 0 bridgehead atoms. The van der Waals surface area contributed by atoms with Crippen LogP contribution in [-0.4, -0.2) is 56.1 Å². The molecule has 2 aromatic rings. The molecule has 166 valence electrons. The molecule has 0 aliphatic carbocycles. The molecule has 2 heterocycles. The molecule has 2 fully saturated rings. The Labute approximate surface area is 184 Å². The van der Waals surface area contributed by atoms with Crippen molar-refractivity contribution in [3.63, 3.8) is 0 Å². The Morgan fingerprint density at radius 2 is 1.55 bits per heavy atom. The number of nitrogens with zero attached hydrogens (tertiary/aromatic N) is 3. The van der Waals surface area contributed by atoms with E-state index in [0.717, 1.165) is 63.5 Å². The topological polar surface area (TPSA) is 38.8 Å². The molecule has 0 atom stereocenters. The second-order valence-electron chi connectivity index (χ2n) is 8.83. The minimum absolute atomic E-state index is 0.208. The number of piperazine rings is 1. The number of benzene rings is 2. The fourth-order valence-electron chi connectivity index (χ4n) is 4.53. The highest BCUT2D eigenvalue weighted by molar-refractivity contribution is 6.06. The predicted octanol–water partition coefficient (Wildman–Crippen LogP) is 4.60. The Kier molecular flexibility index (Phi) is 6.76. The number of hydrogen-bond donors (Lipinski definition) is 1. The van der Waals surface area contributed by atoms with E-state index in [1.807, 2.05) is 24.3 Å². The summed E-state index contributed by atoms with van der Waals surface area (Å²) in [5.74, 6) is -0.549. The van der Waals surface area contributed by atoms with Gasteiger partial charge < -0.3 is 15.1 Å². The van der Waals surface area contributed by atoms with Crippen LogP contribution in [0.5, 0.6) is 0 Å². The summed E-state index contributed by atoms with van der Waals surface area (Å²) in [6.45, 7) is 10.4. The van der Waals surface area contributed by atoms with Gasteiger partial charge in [0.1, 0.15) is 5.82 Å². The smallest absolute Gasteiger partial charge is 0.255 e. The SMILES string of the molecule is CC(C)N1CCN(c2ccc(C(=O)Nc3cc(F)ccc3N3CCCCC3)cc2)CC1. The molecule has 0 unspecified atom stereocenters. The van der Waals surface area contributed by atoms with E-state index in [1.165, 1.54) is 18.6 Å². The zero-order valence-electron chi connectivity index (χ0n) is 18.6. The van der Waals surface area contributed by atoms with Gasteiger partial charge in [-0.1, -0.05) is 0 Å². The van der Waals surface area contributed by atoms with Crippen LogP contribution in [0.4, 0.5) is 21.5 Å². The molecule has 2 saturated heterocycles. The van der Waals surface area contributed by atoms with E-state index in [2.05, 4.69) is 33.9 Å². The molecule has 4 rings (SSSR count). The zero-order chi connectivity index (χ0) is 21.8. The Bertz CT molecular complexity index is 885. The zero-order valence-corrected chi connectivity index (χ0v) is 18.6. The van der Waals surface area contributed by atoms with Gasteiger partial charge in [0.25, 0.3) is 5.91 Å². The molecule has 31 heavy (non-hydrogen) atoms. The Morgan fingerprint density at radius 1 is 0.871 bits per heavy atom. The minimum Gasteiger partial charge on any atom is -0.370 e. The normalized spacial score (nSPS) is 17.8. The molecule has 2 aliphatic heterocycles. The van der Waals surface area contributed by atoms with Crippen molar-refractivity contribution in [2.75, 3.05) is 54.4 Å². The second-order valence-corrected chi connectivity index (χ2v) is 8.83. The summed E-state index contributed by atoms with van der Waals surface area (Å²) in [7, 11) is 0. The second kappa shape index (κ2) is 9.69. The van der Waals surface area contributed by atoms with Crippen molar-refractivity contribution in [3.8, 4) is 0 Å². The van der Waals surface area contributed by atoms with Crippen molar-refractivity contribution >= 4 is 23.0 Å². The van der Waals surface area contributed by atoms with Gasteiger partial charge in [0.2, 0.25) is 0 Å². The number of carbonyl (C=O) groups excluding carboxylic acids is 1. The van der Waals surface area contributed by atoms with Gasteiger partial charge in [0.15, 0.2) is 0 Å². The lowest BCUT2D eigenvalue weighted by molar-refractivity contribution is 0.102. The summed E-state index contributed by atoms with van der Waals surface area (Å²) < 4.78 is 13.9. The number of anilines is 3. The molecule has 5 nitrogen and oxygen atoms in total. The van der Waals surface area contributed by atoms with Gasteiger partial charge in [-0.15, -0.1) is 0 Å². The number of halogens is 1. The van der Waals surface area contributed by atoms with Crippen LogP contribution in [0.25, 0.3) is 0 Å². The lowest BCUT2D eigenvalue weighted by atomic mass is 10.1. The van der Waals surface area contributed by atoms with Gasteiger partial charge in [0, 0.05) is 56.6 Å². The first-order chi connectivity index (χ1) is 15.0. The molecule has 2 aromatic carbocycles. The average Bonchev–Trinajstić information content (AvgIpc) is 2.80. The van der Waals surface area contributed by atoms with Gasteiger partial charge >= 0.3 is 0 Å². The number of amides is 1. The molecule has 0 saturated carbocycles. The van der Waals surface area contributed by atoms with E-state index in [9.17, 15) is 9.18 Å². The lowest BCUT2D eigenvalue weighted by Crippen LogP contribution is -2.48. The fraction of sp³-hybridized carbons (Fsp3) is 0.480. The predicted molar refractivity (Wildman–Crippen MR) is 126 cm³/mol. The van der Waals surface area contributed by atoms with Crippen LogP contribution >= 0.6 is 0 Å². The molecule has 0 radical (unpaired) electrons. The standard InChI is InChI=1S/C25H33FN4O/c1-19(2)28-14-16-29(17-15-28)22-9-6-20(7-10-22)25(31)27-23-18-21(26)8-11-24(23)30-12-4-3-5-13-30/h6-11,18-19H,3-5,12-17H2,1-2H3,(H,27,31). The van der Waals surface area contributed by atoms with Crippen LogP contribution in [0.2, 0.25) is 0 Å². The Morgan fingerprint density at radius 3 is 2.19 bits per heavy atom. The highest BCUT2D eigenvalue weighted by Gasteiger charge is 2.20. The van der Waals surface area contributed by atoms with E-state index in [1.54, 1.807) is 6.07 Å². The summed E-state index contributed by atoms with van der Waals surface area (Å²) in [4.78, 5) is 20.0. The van der Waals surface area contributed by atoms with E-state index >= 15 is 0 Å². The molecular weight excluding hydrogens is 391 g/mol. The molecular formula is C25H33FN4O. The maximum absolute atomic E-state index is 13.9. The van der Waals surface area contributed by atoms with Crippen LogP contribution in [0.3, 0.4) is 0 Å². The van der Waals surface area contributed by atoms with Gasteiger partial charge in [-0.2, -0.15) is 0 Å². The maximum atomic E-state index is 13.9. The first-order valence-electron chi connectivity index (χ1n) is 11.5. The number of hydrogen-bond acceptors (Lipinski definition) is 4. The molecule has 1 amide bonds. The van der Waals surface area contributed by atoms with Gasteiger partial charge in [-0.3, -0.25) is 9.69 Å². The number of rotatable bonds is 5. The van der Waals surface area contributed by atoms with Crippen LogP contribution in [0.1, 0.15) is 43.5 Å². The first kappa shape index (κ1) is 21.6. The summed E-state index contributed by atoms with van der Waals surface area (Å²) >= 11 is 0. The fourth-order valence-corrected chi connectivity index (χ4v) is 4.53. The largest absolute Gasteiger partial charge is 0.370 e. The maximum Gasteiger partial charge on any atom is 0.255 e. The van der Waals surface area contributed by atoms with E-state index in [4.69, 9.17) is 0 Å². The molecule has 1 N–H and O–H groups in total. The highest BCUT2D eigenvalue weighted by atomic mass is 19.1. The summed E-state index contributed by atoms with van der Waals surface area (Å²) in [5, 5.41) is 2.94. The number of carbonyl (C=O) groups is 1. The van der Waals surface area contributed by atoms with E-state index in [0.29, 0.717) is 17.3 Å². The van der Waals surface area contributed by atoms with Crippen molar-refractivity contribution in [2.45, 2.75) is 39.2 Å². The third-order valence-corrected chi connectivity index (χ3v) is 6.44. The quantitative estimate of drug-likeness (QED) is 0.762. The van der Waals surface area contributed by atoms with Crippen LogP contribution in [0, 0.1) is 5.82 Å². The van der Waals surface area contributed by atoms with Crippen molar-refractivity contribution in [1.29, 1.82) is 0 Å². The summed E-state index contributed by atoms with van der Waals surface area (Å²) in [5.41, 5.74) is 3.16. The molecule has 2 aliphatic rings. The Balaban J connectivity index is 1.43. The van der Waals surface area contributed by atoms with Gasteiger partial charge in [-0.25, -0.2) is 4.39 Å².